The van der Waals surface area contributed by atoms with Gasteiger partial charge < -0.3 is 10.1 Å². The van der Waals surface area contributed by atoms with Crippen LogP contribution in [0.25, 0.3) is 0 Å². The molecule has 4 nitrogen and oxygen atoms in total. The van der Waals surface area contributed by atoms with E-state index in [1.165, 1.54) is 0 Å². The highest BCUT2D eigenvalue weighted by Crippen LogP contribution is 2.03. The van der Waals surface area contributed by atoms with Gasteiger partial charge in [-0.2, -0.15) is 0 Å². The molecule has 0 aliphatic rings. The average Bonchev–Trinajstić information content (AvgIpc) is 2.07. The summed E-state index contributed by atoms with van der Waals surface area (Å²) >= 11 is 0. The van der Waals surface area contributed by atoms with E-state index in [-0.39, 0.29) is 0 Å². The normalized spacial score (nSPS) is 9.64. The molecule has 0 fully saturated rings. The van der Waals surface area contributed by atoms with Gasteiger partial charge in [-0.3, -0.25) is 0 Å². The second-order valence-corrected chi connectivity index (χ2v) is 2.07. The van der Waals surface area contributed by atoms with Crippen LogP contribution in [-0.4, -0.2) is 24.1 Å². The SMILES string of the molecule is CNCc1ncc(OC)cn1. The molecule has 0 unspecified atom stereocenters. The van der Waals surface area contributed by atoms with Gasteiger partial charge in [0.2, 0.25) is 0 Å². The minimum Gasteiger partial charge on any atom is -0.494 e. The molecule has 1 aromatic heterocycles. The number of nitrogens with zero attached hydrogens (tertiary/aromatic N) is 2. The van der Waals surface area contributed by atoms with Crippen molar-refractivity contribution in [2.24, 2.45) is 0 Å². The highest BCUT2D eigenvalue weighted by atomic mass is 16.5. The van der Waals surface area contributed by atoms with E-state index < -0.39 is 0 Å². The molecule has 1 N–H and O–H groups in total. The number of nitrogens with one attached hydrogen (secondary N) is 1. The van der Waals surface area contributed by atoms with Crippen molar-refractivity contribution < 1.29 is 4.74 Å². The predicted molar refractivity (Wildman–Crippen MR) is 41.3 cm³/mol. The molecule has 60 valence electrons. The molecule has 0 radical (unpaired) electrons. The van der Waals surface area contributed by atoms with Crippen molar-refractivity contribution in [3.63, 3.8) is 0 Å². The Morgan fingerprint density at radius 3 is 2.55 bits per heavy atom. The Morgan fingerprint density at radius 2 is 2.09 bits per heavy atom. The van der Waals surface area contributed by atoms with Crippen LogP contribution < -0.4 is 10.1 Å². The van der Waals surface area contributed by atoms with Gasteiger partial charge in [0.05, 0.1) is 26.0 Å². The number of aromatic nitrogens is 2. The first-order valence-electron chi connectivity index (χ1n) is 3.36. The minimum absolute atomic E-state index is 0.685. The van der Waals surface area contributed by atoms with Gasteiger partial charge in [-0.15, -0.1) is 0 Å². The van der Waals surface area contributed by atoms with E-state index in [1.807, 2.05) is 7.05 Å². The van der Waals surface area contributed by atoms with Gasteiger partial charge in [-0.05, 0) is 7.05 Å². The van der Waals surface area contributed by atoms with E-state index in [2.05, 4.69) is 15.3 Å². The molecule has 11 heavy (non-hydrogen) atoms. The molecule has 0 aromatic carbocycles. The first kappa shape index (κ1) is 7.94. The molecule has 0 aliphatic heterocycles. The van der Waals surface area contributed by atoms with Gasteiger partial charge in [0.1, 0.15) is 5.82 Å². The minimum atomic E-state index is 0.685. The van der Waals surface area contributed by atoms with E-state index in [9.17, 15) is 0 Å². The summed E-state index contributed by atoms with van der Waals surface area (Å²) in [5, 5.41) is 2.96. The van der Waals surface area contributed by atoms with Gasteiger partial charge >= 0.3 is 0 Å². The van der Waals surface area contributed by atoms with Crippen molar-refractivity contribution in [1.29, 1.82) is 0 Å². The van der Waals surface area contributed by atoms with Crippen molar-refractivity contribution in [3.8, 4) is 5.75 Å². The van der Waals surface area contributed by atoms with E-state index in [1.54, 1.807) is 19.5 Å². The molecular formula is C7H11N3O. The molecule has 1 rings (SSSR count). The molecule has 0 atom stereocenters. The van der Waals surface area contributed by atoms with Crippen molar-refractivity contribution in [2.45, 2.75) is 6.54 Å². The Bertz CT molecular complexity index is 209. The molecule has 0 bridgehead atoms. The van der Waals surface area contributed by atoms with Gasteiger partial charge in [0.15, 0.2) is 5.75 Å². The van der Waals surface area contributed by atoms with Crippen LogP contribution >= 0.6 is 0 Å². The number of hydrogen-bond acceptors (Lipinski definition) is 4. The van der Waals surface area contributed by atoms with Gasteiger partial charge in [0, 0.05) is 0 Å². The lowest BCUT2D eigenvalue weighted by Crippen LogP contribution is -2.08. The lowest BCUT2D eigenvalue weighted by Gasteiger charge is -1.99. The first-order chi connectivity index (χ1) is 5.36. The Labute approximate surface area is 65.6 Å². The summed E-state index contributed by atoms with van der Waals surface area (Å²) in [6, 6.07) is 0. The zero-order valence-electron chi connectivity index (χ0n) is 6.66. The van der Waals surface area contributed by atoms with E-state index in [4.69, 9.17) is 4.74 Å². The van der Waals surface area contributed by atoms with Crippen molar-refractivity contribution in [3.05, 3.63) is 18.2 Å². The molecule has 1 heterocycles. The molecule has 0 aliphatic carbocycles. The molecule has 0 spiro atoms. The summed E-state index contributed by atoms with van der Waals surface area (Å²) in [5.41, 5.74) is 0. The fourth-order valence-corrected chi connectivity index (χ4v) is 0.698. The summed E-state index contributed by atoms with van der Waals surface area (Å²) < 4.78 is 4.90. The summed E-state index contributed by atoms with van der Waals surface area (Å²) in [5.74, 6) is 1.46. The number of rotatable bonds is 3. The number of hydrogen-bond donors (Lipinski definition) is 1. The molecule has 0 saturated heterocycles. The van der Waals surface area contributed by atoms with Crippen LogP contribution in [0.5, 0.6) is 5.75 Å². The van der Waals surface area contributed by atoms with Gasteiger partial charge in [-0.25, -0.2) is 9.97 Å². The van der Waals surface area contributed by atoms with E-state index in [0.29, 0.717) is 12.3 Å². The largest absolute Gasteiger partial charge is 0.494 e. The standard InChI is InChI=1S/C7H11N3O/c1-8-5-7-9-3-6(11-2)4-10-7/h3-4,8H,5H2,1-2H3. The first-order valence-corrected chi connectivity index (χ1v) is 3.36. The van der Waals surface area contributed by atoms with Crippen LogP contribution in [0.1, 0.15) is 5.82 Å². The van der Waals surface area contributed by atoms with E-state index in [0.717, 1.165) is 5.82 Å². The molecular weight excluding hydrogens is 142 g/mol. The van der Waals surface area contributed by atoms with Gasteiger partial charge in [-0.1, -0.05) is 0 Å². The maximum absolute atomic E-state index is 4.90. The Kier molecular flexibility index (Phi) is 2.80. The van der Waals surface area contributed by atoms with Crippen molar-refractivity contribution >= 4 is 0 Å². The monoisotopic (exact) mass is 153 g/mol. The highest BCUT2D eigenvalue weighted by Gasteiger charge is 1.94. The maximum Gasteiger partial charge on any atom is 0.155 e. The van der Waals surface area contributed by atoms with E-state index >= 15 is 0 Å². The predicted octanol–water partition coefficient (Wildman–Crippen LogP) is 0.205. The van der Waals surface area contributed by atoms with Gasteiger partial charge in [0.25, 0.3) is 0 Å². The van der Waals surface area contributed by atoms with Crippen molar-refractivity contribution in [1.82, 2.24) is 15.3 Å². The van der Waals surface area contributed by atoms with Crippen LogP contribution in [0.4, 0.5) is 0 Å². The lowest BCUT2D eigenvalue weighted by atomic mass is 10.5. The summed E-state index contributed by atoms with van der Waals surface area (Å²) in [6.45, 7) is 0.685. The summed E-state index contributed by atoms with van der Waals surface area (Å²) in [7, 11) is 3.45. The fraction of sp³-hybridized carbons (Fsp3) is 0.429. The summed E-state index contributed by atoms with van der Waals surface area (Å²) in [4.78, 5) is 8.08. The number of methoxy groups -OCH3 is 1. The fourth-order valence-electron chi connectivity index (χ4n) is 0.698. The van der Waals surface area contributed by atoms with Crippen LogP contribution in [0.2, 0.25) is 0 Å². The molecule has 0 amide bonds. The van der Waals surface area contributed by atoms with Crippen molar-refractivity contribution in [2.75, 3.05) is 14.2 Å². The third-order valence-corrected chi connectivity index (χ3v) is 1.25. The molecule has 0 saturated carbocycles. The molecule has 1 aromatic rings. The lowest BCUT2D eigenvalue weighted by molar-refractivity contribution is 0.409. The third kappa shape index (κ3) is 2.16. The highest BCUT2D eigenvalue weighted by molar-refractivity contribution is 5.11. The van der Waals surface area contributed by atoms with Crippen LogP contribution in [0.15, 0.2) is 12.4 Å². The second-order valence-electron chi connectivity index (χ2n) is 2.07. The number of ether oxygens (including phenoxy) is 1. The Balaban J connectivity index is 2.66. The summed E-state index contributed by atoms with van der Waals surface area (Å²) in [6.07, 6.45) is 3.30. The zero-order chi connectivity index (χ0) is 8.10. The Hall–Kier alpha value is -1.16. The topological polar surface area (TPSA) is 47.0 Å². The van der Waals surface area contributed by atoms with Crippen LogP contribution in [0.3, 0.4) is 0 Å². The Morgan fingerprint density at radius 1 is 1.45 bits per heavy atom. The maximum atomic E-state index is 4.90. The second kappa shape index (κ2) is 3.88. The van der Waals surface area contributed by atoms with Crippen LogP contribution in [0, 0.1) is 0 Å². The zero-order valence-corrected chi connectivity index (χ0v) is 6.66. The smallest absolute Gasteiger partial charge is 0.155 e. The molecule has 4 heteroatoms. The third-order valence-electron chi connectivity index (χ3n) is 1.25. The van der Waals surface area contributed by atoms with Crippen LogP contribution in [-0.2, 0) is 6.54 Å². The quantitative estimate of drug-likeness (QED) is 0.674. The average molecular weight is 153 g/mol.